The van der Waals surface area contributed by atoms with E-state index in [2.05, 4.69) is 4.72 Å². The third-order valence-electron chi connectivity index (χ3n) is 1.49. The molecule has 0 aliphatic rings. The van der Waals surface area contributed by atoms with Crippen LogP contribution in [0.2, 0.25) is 0 Å². The average molecular weight is 201 g/mol. The maximum atomic E-state index is 10.7. The SMILES string of the molecule is NCc1ccccc1NS(N)(=O)=O. The molecule has 0 fully saturated rings. The van der Waals surface area contributed by atoms with Gasteiger partial charge in [0.15, 0.2) is 0 Å². The number of hydrogen-bond acceptors (Lipinski definition) is 3. The molecule has 0 amide bonds. The Kier molecular flexibility index (Phi) is 2.86. The minimum Gasteiger partial charge on any atom is -0.326 e. The third-order valence-corrected chi connectivity index (χ3v) is 1.99. The summed E-state index contributed by atoms with van der Waals surface area (Å²) in [6.07, 6.45) is 0. The van der Waals surface area contributed by atoms with Gasteiger partial charge >= 0.3 is 0 Å². The second-order valence-electron chi connectivity index (χ2n) is 2.51. The van der Waals surface area contributed by atoms with Gasteiger partial charge in [0, 0.05) is 6.54 Å². The smallest absolute Gasteiger partial charge is 0.296 e. The van der Waals surface area contributed by atoms with Crippen LogP contribution in [-0.2, 0) is 16.8 Å². The second kappa shape index (κ2) is 3.73. The molecule has 0 heterocycles. The molecule has 13 heavy (non-hydrogen) atoms. The zero-order valence-electron chi connectivity index (χ0n) is 6.90. The highest BCUT2D eigenvalue weighted by Crippen LogP contribution is 2.14. The minimum absolute atomic E-state index is 0.263. The lowest BCUT2D eigenvalue weighted by Crippen LogP contribution is -2.22. The highest BCUT2D eigenvalue weighted by molar-refractivity contribution is 7.90. The number of anilines is 1. The summed E-state index contributed by atoms with van der Waals surface area (Å²) >= 11 is 0. The minimum atomic E-state index is -3.72. The lowest BCUT2D eigenvalue weighted by Gasteiger charge is -2.07. The van der Waals surface area contributed by atoms with Crippen LogP contribution in [0, 0.1) is 0 Å². The first-order valence-electron chi connectivity index (χ1n) is 3.61. The number of rotatable bonds is 3. The quantitative estimate of drug-likeness (QED) is 0.629. The van der Waals surface area contributed by atoms with E-state index in [9.17, 15) is 8.42 Å². The highest BCUT2D eigenvalue weighted by atomic mass is 32.2. The average Bonchev–Trinajstić information content (AvgIpc) is 2.02. The van der Waals surface area contributed by atoms with Crippen molar-refractivity contribution in [3.63, 3.8) is 0 Å². The topological polar surface area (TPSA) is 98.2 Å². The molecule has 1 aromatic rings. The van der Waals surface area contributed by atoms with Gasteiger partial charge in [-0.15, -0.1) is 0 Å². The Hall–Kier alpha value is -1.11. The molecule has 0 atom stereocenters. The molecular formula is C7H11N3O2S. The normalized spacial score (nSPS) is 11.2. The van der Waals surface area contributed by atoms with Crippen LogP contribution < -0.4 is 15.6 Å². The van der Waals surface area contributed by atoms with Crippen molar-refractivity contribution in [2.75, 3.05) is 4.72 Å². The summed E-state index contributed by atoms with van der Waals surface area (Å²) in [5, 5.41) is 4.81. The van der Waals surface area contributed by atoms with Crippen molar-refractivity contribution in [3.8, 4) is 0 Å². The van der Waals surface area contributed by atoms with Crippen molar-refractivity contribution >= 4 is 15.9 Å². The van der Waals surface area contributed by atoms with Crippen molar-refractivity contribution in [3.05, 3.63) is 29.8 Å². The molecule has 0 aliphatic heterocycles. The maximum Gasteiger partial charge on any atom is 0.296 e. The highest BCUT2D eigenvalue weighted by Gasteiger charge is 2.04. The lowest BCUT2D eigenvalue weighted by atomic mass is 10.2. The molecule has 1 rings (SSSR count). The van der Waals surface area contributed by atoms with Gasteiger partial charge in [0.05, 0.1) is 5.69 Å². The molecule has 0 radical (unpaired) electrons. The van der Waals surface area contributed by atoms with E-state index in [4.69, 9.17) is 10.9 Å². The summed E-state index contributed by atoms with van der Waals surface area (Å²) in [5.41, 5.74) is 6.52. The van der Waals surface area contributed by atoms with E-state index in [1.54, 1.807) is 24.3 Å². The second-order valence-corrected chi connectivity index (χ2v) is 3.80. The van der Waals surface area contributed by atoms with E-state index >= 15 is 0 Å². The van der Waals surface area contributed by atoms with Crippen molar-refractivity contribution < 1.29 is 8.42 Å². The maximum absolute atomic E-state index is 10.7. The molecule has 72 valence electrons. The third kappa shape index (κ3) is 3.02. The summed E-state index contributed by atoms with van der Waals surface area (Å²) < 4.78 is 23.6. The van der Waals surface area contributed by atoms with Crippen LogP contribution in [0.3, 0.4) is 0 Å². The van der Waals surface area contributed by atoms with Crippen molar-refractivity contribution in [2.45, 2.75) is 6.54 Å². The number of nitrogens with two attached hydrogens (primary N) is 2. The fraction of sp³-hybridized carbons (Fsp3) is 0.143. The number of benzene rings is 1. The molecule has 0 unspecified atom stereocenters. The van der Waals surface area contributed by atoms with Gasteiger partial charge in [-0.25, -0.2) is 5.14 Å². The van der Waals surface area contributed by atoms with Gasteiger partial charge in [-0.3, -0.25) is 4.72 Å². The van der Waals surface area contributed by atoms with Crippen molar-refractivity contribution in [1.29, 1.82) is 0 Å². The van der Waals surface area contributed by atoms with Crippen LogP contribution in [0.4, 0.5) is 5.69 Å². The van der Waals surface area contributed by atoms with Crippen LogP contribution in [0.15, 0.2) is 24.3 Å². The van der Waals surface area contributed by atoms with Gasteiger partial charge in [-0.05, 0) is 11.6 Å². The predicted molar refractivity (Wildman–Crippen MR) is 51.1 cm³/mol. The van der Waals surface area contributed by atoms with E-state index in [1.165, 1.54) is 0 Å². The first-order valence-corrected chi connectivity index (χ1v) is 5.16. The van der Waals surface area contributed by atoms with Crippen LogP contribution in [0.25, 0.3) is 0 Å². The predicted octanol–water partition coefficient (Wildman–Crippen LogP) is -0.239. The van der Waals surface area contributed by atoms with Gasteiger partial charge in [-0.2, -0.15) is 8.42 Å². The molecule has 0 saturated carbocycles. The summed E-state index contributed by atoms with van der Waals surface area (Å²) in [5.74, 6) is 0. The molecule has 6 heteroatoms. The van der Waals surface area contributed by atoms with Gasteiger partial charge < -0.3 is 5.73 Å². The number of para-hydroxylation sites is 1. The Morgan fingerprint density at radius 2 is 1.92 bits per heavy atom. The van der Waals surface area contributed by atoms with Crippen LogP contribution in [0.1, 0.15) is 5.56 Å². The summed E-state index contributed by atoms with van der Waals surface area (Å²) in [4.78, 5) is 0. The molecule has 0 aromatic heterocycles. The zero-order valence-corrected chi connectivity index (χ0v) is 7.71. The van der Waals surface area contributed by atoms with Crippen LogP contribution in [0.5, 0.6) is 0 Å². The summed E-state index contributed by atoms with van der Waals surface area (Å²) in [6.45, 7) is 0.263. The van der Waals surface area contributed by atoms with Gasteiger partial charge in [0.25, 0.3) is 10.2 Å². The first kappa shape index (κ1) is 9.97. The van der Waals surface area contributed by atoms with Gasteiger partial charge in [0.1, 0.15) is 0 Å². The first-order chi connectivity index (χ1) is 6.03. The Bertz CT molecular complexity index is 388. The van der Waals surface area contributed by atoms with E-state index in [0.29, 0.717) is 11.3 Å². The van der Waals surface area contributed by atoms with Gasteiger partial charge in [0.2, 0.25) is 0 Å². The zero-order chi connectivity index (χ0) is 9.90. The molecule has 5 N–H and O–H groups in total. The molecule has 0 bridgehead atoms. The van der Waals surface area contributed by atoms with Crippen LogP contribution in [-0.4, -0.2) is 8.42 Å². The Labute approximate surface area is 76.9 Å². The van der Waals surface area contributed by atoms with E-state index in [1.807, 2.05) is 0 Å². The fourth-order valence-electron chi connectivity index (χ4n) is 0.951. The Morgan fingerprint density at radius 1 is 1.31 bits per heavy atom. The summed E-state index contributed by atoms with van der Waals surface area (Å²) in [6, 6.07) is 6.81. The molecule has 0 saturated heterocycles. The monoisotopic (exact) mass is 201 g/mol. The van der Waals surface area contributed by atoms with Gasteiger partial charge in [-0.1, -0.05) is 18.2 Å². The number of nitrogens with one attached hydrogen (secondary N) is 1. The van der Waals surface area contributed by atoms with Crippen molar-refractivity contribution in [1.82, 2.24) is 0 Å². The largest absolute Gasteiger partial charge is 0.326 e. The fourth-order valence-corrected chi connectivity index (χ4v) is 1.46. The molecule has 0 spiro atoms. The van der Waals surface area contributed by atoms with Crippen LogP contribution >= 0.6 is 0 Å². The standard InChI is InChI=1S/C7H11N3O2S/c8-5-6-3-1-2-4-7(6)10-13(9,11)12/h1-4,10H,5,8H2,(H2,9,11,12). The molecule has 1 aromatic carbocycles. The van der Waals surface area contributed by atoms with Crippen molar-refractivity contribution in [2.24, 2.45) is 10.9 Å². The molecular weight excluding hydrogens is 190 g/mol. The Balaban J connectivity index is 3.01. The molecule has 5 nitrogen and oxygen atoms in total. The molecule has 0 aliphatic carbocycles. The van der Waals surface area contributed by atoms with E-state index < -0.39 is 10.2 Å². The summed E-state index contributed by atoms with van der Waals surface area (Å²) in [7, 11) is -3.72. The van der Waals surface area contributed by atoms with E-state index in [0.717, 1.165) is 0 Å². The van der Waals surface area contributed by atoms with E-state index in [-0.39, 0.29) is 6.54 Å². The number of hydrogen-bond donors (Lipinski definition) is 3. The lowest BCUT2D eigenvalue weighted by molar-refractivity contribution is 0.603. The Morgan fingerprint density at radius 3 is 2.46 bits per heavy atom.